The first kappa shape index (κ1) is 30.9. The van der Waals surface area contributed by atoms with Gasteiger partial charge in [0.25, 0.3) is 5.91 Å². The van der Waals surface area contributed by atoms with Crippen LogP contribution in [-0.2, 0) is 26.8 Å². The monoisotopic (exact) mass is 642 g/mol. The van der Waals surface area contributed by atoms with Gasteiger partial charge >= 0.3 is 10.2 Å². The Morgan fingerprint density at radius 2 is 2.07 bits per heavy atom. The Balaban J connectivity index is 1.40. The van der Waals surface area contributed by atoms with E-state index in [1.807, 2.05) is 12.1 Å². The van der Waals surface area contributed by atoms with Crippen LogP contribution < -0.4 is 19.7 Å². The van der Waals surface area contributed by atoms with Gasteiger partial charge in [-0.1, -0.05) is 29.8 Å². The number of amides is 2. The molecule has 1 spiro atoms. The highest BCUT2D eigenvalue weighted by Crippen LogP contribution is 2.46. The smallest absolute Gasteiger partial charge is 0.304 e. The first-order valence-electron chi connectivity index (χ1n) is 15.3. The summed E-state index contributed by atoms with van der Waals surface area (Å²) in [5.74, 6) is -0.387. The van der Waals surface area contributed by atoms with Crippen molar-refractivity contribution in [2.45, 2.75) is 50.0 Å². The van der Waals surface area contributed by atoms with Gasteiger partial charge in [0.15, 0.2) is 0 Å². The predicted octanol–water partition coefficient (Wildman–Crippen LogP) is 3.18. The van der Waals surface area contributed by atoms with E-state index in [-0.39, 0.29) is 35.8 Å². The number of carbonyl (C=O) groups excluding carboxylic acids is 2. The van der Waals surface area contributed by atoms with E-state index in [0.717, 1.165) is 42.1 Å². The second-order valence-electron chi connectivity index (χ2n) is 12.4. The van der Waals surface area contributed by atoms with Crippen LogP contribution in [0.2, 0.25) is 5.02 Å². The highest BCUT2D eigenvalue weighted by molar-refractivity contribution is 7.87. The van der Waals surface area contributed by atoms with Gasteiger partial charge in [0.05, 0.1) is 24.9 Å². The van der Waals surface area contributed by atoms with Crippen LogP contribution in [-0.4, -0.2) is 75.6 Å². The fourth-order valence-electron chi connectivity index (χ4n) is 7.17. The molecule has 2 aliphatic carbocycles. The van der Waals surface area contributed by atoms with Crippen LogP contribution >= 0.6 is 11.6 Å². The van der Waals surface area contributed by atoms with Crippen molar-refractivity contribution >= 4 is 39.3 Å². The van der Waals surface area contributed by atoms with Crippen LogP contribution in [0.5, 0.6) is 5.75 Å². The average molecular weight is 643 g/mol. The molecule has 1 saturated carbocycles. The molecule has 236 valence electrons. The molecular formula is C32H39ClN4O6S. The molecule has 4 atom stereocenters. The number of aliphatic hydroxyl groups is 1. The van der Waals surface area contributed by atoms with Crippen molar-refractivity contribution in [2.24, 2.45) is 11.8 Å². The first-order chi connectivity index (χ1) is 21.1. The molecule has 3 N–H and O–H groups in total. The first-order valence-corrected chi connectivity index (χ1v) is 17.1. The Morgan fingerprint density at radius 3 is 2.84 bits per heavy atom. The minimum atomic E-state index is -4.36. The molecule has 4 aliphatic rings. The Hall–Kier alpha value is -3.12. The van der Waals surface area contributed by atoms with Crippen molar-refractivity contribution in [1.29, 1.82) is 0 Å². The van der Waals surface area contributed by atoms with E-state index in [2.05, 4.69) is 21.0 Å². The minimum Gasteiger partial charge on any atom is -0.490 e. The van der Waals surface area contributed by atoms with Crippen LogP contribution in [0, 0.1) is 11.8 Å². The van der Waals surface area contributed by atoms with Gasteiger partial charge in [-0.05, 0) is 91.8 Å². The highest BCUT2D eigenvalue weighted by Gasteiger charge is 2.44. The lowest BCUT2D eigenvalue weighted by Crippen LogP contribution is -2.49. The third-order valence-electron chi connectivity index (χ3n) is 9.71. The van der Waals surface area contributed by atoms with Gasteiger partial charge in [0, 0.05) is 42.7 Å². The van der Waals surface area contributed by atoms with E-state index in [4.69, 9.17) is 16.3 Å². The predicted molar refractivity (Wildman–Crippen MR) is 168 cm³/mol. The lowest BCUT2D eigenvalue weighted by molar-refractivity contribution is -0.120. The largest absolute Gasteiger partial charge is 0.490 e. The summed E-state index contributed by atoms with van der Waals surface area (Å²) in [6.07, 6.45) is 7.81. The Bertz CT molecular complexity index is 1580. The summed E-state index contributed by atoms with van der Waals surface area (Å²) >= 11 is 6.38. The van der Waals surface area contributed by atoms with E-state index < -0.39 is 34.7 Å². The molecule has 0 aromatic heterocycles. The van der Waals surface area contributed by atoms with Crippen LogP contribution in [0.25, 0.3) is 0 Å². The zero-order valence-corrected chi connectivity index (χ0v) is 26.4. The van der Waals surface area contributed by atoms with Crippen molar-refractivity contribution in [3.63, 3.8) is 0 Å². The summed E-state index contributed by atoms with van der Waals surface area (Å²) in [5, 5.41) is 14.3. The summed E-state index contributed by atoms with van der Waals surface area (Å²) in [5.41, 5.74) is 3.03. The van der Waals surface area contributed by atoms with Gasteiger partial charge in [-0.15, -0.1) is 0 Å². The second-order valence-corrected chi connectivity index (χ2v) is 14.5. The molecule has 2 heterocycles. The molecule has 44 heavy (non-hydrogen) atoms. The molecule has 0 radical (unpaired) electrons. The molecule has 6 rings (SSSR count). The zero-order chi connectivity index (χ0) is 31.1. The molecule has 0 unspecified atom stereocenters. The van der Waals surface area contributed by atoms with E-state index in [0.29, 0.717) is 30.5 Å². The molecule has 2 aromatic carbocycles. The summed E-state index contributed by atoms with van der Waals surface area (Å²) in [6.45, 7) is 1.29. The van der Waals surface area contributed by atoms with Gasteiger partial charge in [-0.25, -0.2) is 4.72 Å². The van der Waals surface area contributed by atoms with Crippen LogP contribution in [0.1, 0.15) is 53.6 Å². The summed E-state index contributed by atoms with van der Waals surface area (Å²) in [6, 6.07) is 11.1. The van der Waals surface area contributed by atoms with Crippen LogP contribution in [0.3, 0.4) is 0 Å². The normalized spacial score (nSPS) is 29.2. The molecule has 10 nitrogen and oxygen atoms in total. The van der Waals surface area contributed by atoms with Crippen molar-refractivity contribution in [2.75, 3.05) is 44.7 Å². The topological polar surface area (TPSA) is 128 Å². The number of nitrogens with one attached hydrogen (secondary N) is 2. The van der Waals surface area contributed by atoms with E-state index in [1.54, 1.807) is 30.4 Å². The molecule has 0 saturated heterocycles. The van der Waals surface area contributed by atoms with Crippen LogP contribution in [0.4, 0.5) is 5.69 Å². The number of ether oxygens (including phenoxy) is 1. The molecule has 2 amide bonds. The second kappa shape index (κ2) is 12.3. The number of aryl methyl sites for hydroxylation is 1. The number of benzene rings is 2. The molecule has 2 aromatic rings. The Labute approximate surface area is 263 Å². The van der Waals surface area contributed by atoms with Crippen molar-refractivity contribution in [1.82, 2.24) is 14.3 Å². The lowest BCUT2D eigenvalue weighted by atomic mass is 9.68. The molecule has 1 fully saturated rings. The number of nitrogens with zero attached hydrogens (tertiary/aromatic N) is 2. The molecule has 12 heteroatoms. The number of fused-ring (bicyclic) bond motifs is 4. The van der Waals surface area contributed by atoms with Crippen molar-refractivity contribution < 1.29 is 27.9 Å². The Kier molecular flexibility index (Phi) is 8.67. The summed E-state index contributed by atoms with van der Waals surface area (Å²) < 4.78 is 36.2. The van der Waals surface area contributed by atoms with Gasteiger partial charge < -0.3 is 20.1 Å². The van der Waals surface area contributed by atoms with Gasteiger partial charge in [-0.3, -0.25) is 9.59 Å². The molecule has 2 aliphatic heterocycles. The number of rotatable bonds is 2. The van der Waals surface area contributed by atoms with Gasteiger partial charge in [0.2, 0.25) is 5.91 Å². The minimum absolute atomic E-state index is 0.0338. The summed E-state index contributed by atoms with van der Waals surface area (Å²) in [7, 11) is -2.94. The third-order valence-corrected chi connectivity index (χ3v) is 11.4. The number of likely N-dealkylation sites (N-methyl/N-ethyl adjacent to an activating group) is 1. The highest BCUT2D eigenvalue weighted by atomic mass is 35.5. The third kappa shape index (κ3) is 6.07. The van der Waals surface area contributed by atoms with Crippen molar-refractivity contribution in [3.8, 4) is 5.75 Å². The number of aliphatic hydroxyl groups excluding tert-OH is 1. The fraction of sp³-hybridized carbons (Fsp3) is 0.500. The standard InChI is InChI=1S/C32H39ClN4O6S/c1-34-30(39)18-37-14-3-2-6-28(38)25-10-7-23(25)17-36-19-32(13-4-5-21-15-24(33)9-11-26(21)32)20-43-29-12-8-22(16-27(29)36)31(40)35-44(37,41)42/h2,6,8-9,11-12,15-16,23,25,28,38H,3-5,7,10,13-14,17-20H2,1H3,(H,34,39)(H,35,40)/b6-2-/t23-,25+,28-,32-/m0/s1. The average Bonchev–Trinajstić information content (AvgIpc) is 3.12. The van der Waals surface area contributed by atoms with E-state index in [1.165, 1.54) is 18.2 Å². The van der Waals surface area contributed by atoms with Crippen LogP contribution in [0.15, 0.2) is 48.6 Å². The van der Waals surface area contributed by atoms with E-state index in [9.17, 15) is 23.1 Å². The van der Waals surface area contributed by atoms with Gasteiger partial charge in [0.1, 0.15) is 5.75 Å². The molecule has 2 bridgehead atoms. The Morgan fingerprint density at radius 1 is 1.23 bits per heavy atom. The van der Waals surface area contributed by atoms with E-state index >= 15 is 0 Å². The maximum Gasteiger partial charge on any atom is 0.304 e. The number of carbonyl (C=O) groups is 2. The fourth-order valence-corrected chi connectivity index (χ4v) is 8.48. The SMILES string of the molecule is CNC(=O)CN1CC/C=C\[C@H](O)[C@@H]2CC[C@H]2CN2C[C@@]3(CCCc4cc(Cl)ccc43)COc3ccc(cc32)C(=O)NS1(=O)=O. The number of hydrogen-bond acceptors (Lipinski definition) is 7. The lowest BCUT2D eigenvalue weighted by Gasteiger charge is -2.45. The maximum atomic E-state index is 13.4. The number of hydrogen-bond donors (Lipinski definition) is 3. The van der Waals surface area contributed by atoms with Gasteiger partial charge in [-0.2, -0.15) is 12.7 Å². The van der Waals surface area contributed by atoms with Crippen molar-refractivity contribution in [3.05, 3.63) is 70.3 Å². The zero-order valence-electron chi connectivity index (χ0n) is 24.8. The maximum absolute atomic E-state index is 13.4. The number of halogens is 1. The molecular weight excluding hydrogens is 604 g/mol. The summed E-state index contributed by atoms with van der Waals surface area (Å²) in [4.78, 5) is 27.8. The quantitative estimate of drug-likeness (QED) is 0.430. The number of anilines is 1.